The summed E-state index contributed by atoms with van der Waals surface area (Å²) in [5.74, 6) is 2.71. The molecule has 0 saturated carbocycles. The number of H-pyrrole nitrogens is 1. The zero-order valence-electron chi connectivity index (χ0n) is 10.8. The fourth-order valence-corrected chi connectivity index (χ4v) is 2.62. The van der Waals surface area contributed by atoms with Crippen LogP contribution in [0, 0.1) is 5.92 Å². The molecule has 2 aliphatic heterocycles. The van der Waals surface area contributed by atoms with Crippen LogP contribution in [0.5, 0.6) is 0 Å². The molecule has 6 nitrogen and oxygen atoms in total. The molecule has 3 atom stereocenters. The number of hydrogen-bond donors (Lipinski definition) is 2. The van der Waals surface area contributed by atoms with Crippen molar-refractivity contribution < 1.29 is 4.74 Å². The highest BCUT2D eigenvalue weighted by atomic mass is 16.5. The van der Waals surface area contributed by atoms with Gasteiger partial charge in [-0.2, -0.15) is 4.98 Å². The van der Waals surface area contributed by atoms with E-state index in [0.29, 0.717) is 11.8 Å². The summed E-state index contributed by atoms with van der Waals surface area (Å²) in [5, 5.41) is 7.37. The third kappa shape index (κ3) is 2.22. The van der Waals surface area contributed by atoms with E-state index in [1.807, 2.05) is 0 Å². The number of aromatic amines is 1. The number of piperidine rings is 1. The van der Waals surface area contributed by atoms with Gasteiger partial charge in [0.15, 0.2) is 0 Å². The summed E-state index contributed by atoms with van der Waals surface area (Å²) in [6, 6.07) is 0.218. The summed E-state index contributed by atoms with van der Waals surface area (Å²) >= 11 is 0. The van der Waals surface area contributed by atoms with Crippen molar-refractivity contribution in [2.75, 3.05) is 31.2 Å². The molecule has 18 heavy (non-hydrogen) atoms. The average Bonchev–Trinajstić information content (AvgIpc) is 3.01. The van der Waals surface area contributed by atoms with Gasteiger partial charge in [0.05, 0.1) is 6.61 Å². The second kappa shape index (κ2) is 4.85. The van der Waals surface area contributed by atoms with Gasteiger partial charge >= 0.3 is 0 Å². The highest BCUT2D eigenvalue weighted by Gasteiger charge is 2.27. The zero-order chi connectivity index (χ0) is 12.5. The van der Waals surface area contributed by atoms with Crippen LogP contribution < -0.4 is 10.6 Å². The highest BCUT2D eigenvalue weighted by Crippen LogP contribution is 2.25. The van der Waals surface area contributed by atoms with Crippen LogP contribution in [0.2, 0.25) is 0 Å². The van der Waals surface area contributed by atoms with Crippen LogP contribution in [0.15, 0.2) is 0 Å². The van der Waals surface area contributed by atoms with Gasteiger partial charge in [0.25, 0.3) is 0 Å². The minimum absolute atomic E-state index is 0.218. The number of nitrogens with one attached hydrogen (secondary N) is 1. The fraction of sp³-hybridized carbons (Fsp3) is 0.833. The van der Waals surface area contributed by atoms with E-state index in [9.17, 15) is 0 Å². The topological polar surface area (TPSA) is 80.1 Å². The quantitative estimate of drug-likeness (QED) is 0.799. The van der Waals surface area contributed by atoms with Gasteiger partial charge in [-0.1, -0.05) is 6.92 Å². The Labute approximate surface area is 107 Å². The predicted molar refractivity (Wildman–Crippen MR) is 68.5 cm³/mol. The smallest absolute Gasteiger partial charge is 0.244 e. The highest BCUT2D eigenvalue weighted by molar-refractivity contribution is 5.30. The van der Waals surface area contributed by atoms with Gasteiger partial charge in [-0.15, -0.1) is 5.10 Å². The van der Waals surface area contributed by atoms with Gasteiger partial charge in [-0.25, -0.2) is 0 Å². The maximum atomic E-state index is 6.11. The minimum Gasteiger partial charge on any atom is -0.381 e. The van der Waals surface area contributed by atoms with Crippen molar-refractivity contribution in [2.24, 2.45) is 11.7 Å². The van der Waals surface area contributed by atoms with E-state index in [1.54, 1.807) is 0 Å². The van der Waals surface area contributed by atoms with E-state index < -0.39 is 0 Å². The molecule has 0 spiro atoms. The van der Waals surface area contributed by atoms with E-state index in [2.05, 4.69) is 27.0 Å². The molecule has 3 heterocycles. The van der Waals surface area contributed by atoms with E-state index in [4.69, 9.17) is 10.5 Å². The van der Waals surface area contributed by atoms with E-state index >= 15 is 0 Å². The van der Waals surface area contributed by atoms with Gasteiger partial charge in [-0.3, -0.25) is 5.10 Å². The normalized spacial score (nSPS) is 33.0. The van der Waals surface area contributed by atoms with Crippen LogP contribution in [-0.2, 0) is 4.74 Å². The summed E-state index contributed by atoms with van der Waals surface area (Å²) in [6.45, 7) is 5.63. The van der Waals surface area contributed by atoms with Gasteiger partial charge in [-0.05, 0) is 18.8 Å². The number of aromatic nitrogens is 3. The van der Waals surface area contributed by atoms with Crippen LogP contribution >= 0.6 is 0 Å². The van der Waals surface area contributed by atoms with Gasteiger partial charge in [0.2, 0.25) is 5.95 Å². The lowest BCUT2D eigenvalue weighted by atomic mass is 9.95. The molecule has 6 heteroatoms. The van der Waals surface area contributed by atoms with Crippen molar-refractivity contribution in [3.63, 3.8) is 0 Å². The van der Waals surface area contributed by atoms with Crippen molar-refractivity contribution in [3.8, 4) is 0 Å². The number of anilines is 1. The molecule has 3 unspecified atom stereocenters. The largest absolute Gasteiger partial charge is 0.381 e. The molecule has 0 radical (unpaired) electrons. The van der Waals surface area contributed by atoms with Crippen LogP contribution in [0.1, 0.15) is 31.5 Å². The SMILES string of the molecule is CC1CCN(c2n[nH]c(C3CCOC3)n2)CC1N. The van der Waals surface area contributed by atoms with Crippen LogP contribution in [-0.4, -0.2) is 47.5 Å². The van der Waals surface area contributed by atoms with Gasteiger partial charge < -0.3 is 15.4 Å². The number of ether oxygens (including phenoxy) is 1. The third-order valence-electron chi connectivity index (χ3n) is 4.11. The first-order valence-corrected chi connectivity index (χ1v) is 6.74. The average molecular weight is 251 g/mol. The third-order valence-corrected chi connectivity index (χ3v) is 4.11. The molecular weight excluding hydrogens is 230 g/mol. The molecule has 0 aliphatic carbocycles. The fourth-order valence-electron chi connectivity index (χ4n) is 2.62. The number of nitrogens with two attached hydrogens (primary N) is 1. The first-order valence-electron chi connectivity index (χ1n) is 6.74. The first-order chi connectivity index (χ1) is 8.74. The van der Waals surface area contributed by atoms with Crippen molar-refractivity contribution in [1.29, 1.82) is 0 Å². The molecule has 1 aromatic heterocycles. The molecule has 2 fully saturated rings. The molecule has 0 amide bonds. The van der Waals surface area contributed by atoms with Crippen LogP contribution in [0.25, 0.3) is 0 Å². The van der Waals surface area contributed by atoms with E-state index in [-0.39, 0.29) is 6.04 Å². The molecule has 2 aliphatic rings. The Morgan fingerprint density at radius 2 is 2.33 bits per heavy atom. The summed E-state index contributed by atoms with van der Waals surface area (Å²) in [6.07, 6.45) is 2.14. The zero-order valence-corrected chi connectivity index (χ0v) is 10.8. The summed E-state index contributed by atoms with van der Waals surface area (Å²) < 4.78 is 5.38. The van der Waals surface area contributed by atoms with Crippen molar-refractivity contribution in [3.05, 3.63) is 5.82 Å². The van der Waals surface area contributed by atoms with Crippen molar-refractivity contribution >= 4 is 5.95 Å². The standard InChI is InChI=1S/C12H21N5O/c1-8-2-4-17(6-10(8)13)12-14-11(15-16-12)9-3-5-18-7-9/h8-10H,2-7,13H2,1H3,(H,14,15,16). The first kappa shape index (κ1) is 11.9. The monoisotopic (exact) mass is 251 g/mol. The molecular formula is C12H21N5O. The van der Waals surface area contributed by atoms with Crippen LogP contribution in [0.3, 0.4) is 0 Å². The minimum atomic E-state index is 0.218. The second-order valence-corrected chi connectivity index (χ2v) is 5.46. The van der Waals surface area contributed by atoms with Crippen molar-refractivity contribution in [1.82, 2.24) is 15.2 Å². The summed E-state index contributed by atoms with van der Waals surface area (Å²) in [5.41, 5.74) is 6.11. The van der Waals surface area contributed by atoms with Crippen molar-refractivity contribution in [2.45, 2.75) is 31.7 Å². The van der Waals surface area contributed by atoms with Gasteiger partial charge in [0, 0.05) is 31.7 Å². The molecule has 100 valence electrons. The molecule has 1 aromatic rings. The van der Waals surface area contributed by atoms with Gasteiger partial charge in [0.1, 0.15) is 5.82 Å². The maximum Gasteiger partial charge on any atom is 0.244 e. The maximum absolute atomic E-state index is 6.11. The lowest BCUT2D eigenvalue weighted by Gasteiger charge is -2.34. The number of rotatable bonds is 2. The van der Waals surface area contributed by atoms with E-state index in [0.717, 1.165) is 50.9 Å². The Hall–Kier alpha value is -1.14. The van der Waals surface area contributed by atoms with E-state index in [1.165, 1.54) is 0 Å². The molecule has 0 bridgehead atoms. The summed E-state index contributed by atoms with van der Waals surface area (Å²) in [4.78, 5) is 6.78. The number of nitrogens with zero attached hydrogens (tertiary/aromatic N) is 3. The second-order valence-electron chi connectivity index (χ2n) is 5.46. The predicted octanol–water partition coefficient (Wildman–Crippen LogP) is 0.482. The Bertz CT molecular complexity index is 401. The summed E-state index contributed by atoms with van der Waals surface area (Å²) in [7, 11) is 0. The Morgan fingerprint density at radius 3 is 3.06 bits per heavy atom. The Kier molecular flexibility index (Phi) is 3.22. The molecule has 3 rings (SSSR count). The lowest BCUT2D eigenvalue weighted by molar-refractivity contribution is 0.193. The molecule has 2 saturated heterocycles. The van der Waals surface area contributed by atoms with Crippen LogP contribution in [0.4, 0.5) is 5.95 Å². The lowest BCUT2D eigenvalue weighted by Crippen LogP contribution is -2.48. The molecule has 0 aromatic carbocycles. The Balaban J connectivity index is 1.69. The molecule has 3 N–H and O–H groups in total. The number of hydrogen-bond acceptors (Lipinski definition) is 5. The Morgan fingerprint density at radius 1 is 1.44 bits per heavy atom.